The largest absolute Gasteiger partial charge is 0.396 e. The number of halogens is 4. The fourth-order valence-electron chi connectivity index (χ4n) is 3.75. The fraction of sp³-hybridized carbons (Fsp3) is 0.310. The number of benzene rings is 3. The summed E-state index contributed by atoms with van der Waals surface area (Å²) in [5.74, 6) is -0.470. The summed E-state index contributed by atoms with van der Waals surface area (Å²) in [5, 5.41) is 22.6. The van der Waals surface area contributed by atoms with Crippen molar-refractivity contribution in [3.05, 3.63) is 105 Å². The summed E-state index contributed by atoms with van der Waals surface area (Å²) in [5.41, 5.74) is 8.05. The van der Waals surface area contributed by atoms with Crippen LogP contribution in [0.5, 0.6) is 0 Å². The number of ether oxygens (including phenoxy) is 1. The highest BCUT2D eigenvalue weighted by atomic mass is 35.5. The van der Waals surface area contributed by atoms with Crippen molar-refractivity contribution >= 4 is 58.1 Å². The summed E-state index contributed by atoms with van der Waals surface area (Å²) >= 11 is 23.2. The van der Waals surface area contributed by atoms with E-state index < -0.39 is 0 Å². The number of aliphatic hydroxyl groups excluding tert-OH is 2. The van der Waals surface area contributed by atoms with Crippen LogP contribution in [0.3, 0.4) is 0 Å². The Morgan fingerprint density at radius 3 is 1.95 bits per heavy atom. The number of ketones is 1. The maximum Gasteiger partial charge on any atom is 0.246 e. The number of carbonyl (C=O) groups excluding carboxylic acids is 2. The third-order valence-electron chi connectivity index (χ3n) is 5.82. The van der Waals surface area contributed by atoms with Gasteiger partial charge in [0.05, 0.1) is 37.8 Å². The number of hydrogen-bond acceptors (Lipinski definition) is 6. The van der Waals surface area contributed by atoms with Gasteiger partial charge in [0.25, 0.3) is 0 Å². The minimum atomic E-state index is -0.372. The van der Waals surface area contributed by atoms with Crippen molar-refractivity contribution in [2.75, 3.05) is 32.3 Å². The van der Waals surface area contributed by atoms with Gasteiger partial charge in [-0.1, -0.05) is 89.4 Å². The number of alkyl halides is 1. The third-order valence-corrected chi connectivity index (χ3v) is 7.15. The number of nitrogens with two attached hydrogens (primary N) is 1. The van der Waals surface area contributed by atoms with E-state index in [2.05, 4.69) is 5.32 Å². The molecule has 1 aliphatic heterocycles. The van der Waals surface area contributed by atoms with Crippen LogP contribution in [0.1, 0.15) is 41.1 Å². The van der Waals surface area contributed by atoms with Gasteiger partial charge in [0.2, 0.25) is 5.91 Å². The van der Waals surface area contributed by atoms with Crippen LogP contribution in [0.25, 0.3) is 0 Å². The lowest BCUT2D eigenvalue weighted by atomic mass is 9.95. The van der Waals surface area contributed by atoms with Crippen molar-refractivity contribution in [3.8, 4) is 0 Å². The predicted octanol–water partition coefficient (Wildman–Crippen LogP) is 5.47. The minimum absolute atomic E-state index is 0.0268. The first-order valence-electron chi connectivity index (χ1n) is 12.4. The van der Waals surface area contributed by atoms with Crippen molar-refractivity contribution in [2.45, 2.75) is 24.4 Å². The number of rotatable bonds is 8. The average molecular weight is 630 g/mol. The molecule has 216 valence electrons. The Bertz CT molecular complexity index is 1230. The average Bonchev–Trinajstić information content (AvgIpc) is 2.97. The van der Waals surface area contributed by atoms with E-state index in [-0.39, 0.29) is 61.8 Å². The maximum absolute atomic E-state index is 11.2. The van der Waals surface area contributed by atoms with Crippen LogP contribution in [0.2, 0.25) is 15.1 Å². The molecular formula is C29H32Cl4N2O5. The van der Waals surface area contributed by atoms with Crippen LogP contribution < -0.4 is 11.1 Å². The molecule has 1 aliphatic rings. The standard InChI is InChI=1S/C11H12Cl2O2.C10H10ClNO2.C8H10ClNO/c12-6-9(15)5-8(7-14)10-3-1-2-4-11(10)13;11-8-4-2-1-3-7(8)9-5-14-6-10(13)12-9;9-7-4-2-1-3-6(7)8(10)5-11/h1-4,8,14H,5-7H2;1-4,9H,5-6H2,(H,12,13);1-4,8,11H,5,10H2/t8-;9-;8-/m111/s1. The molecular weight excluding hydrogens is 598 g/mol. The van der Waals surface area contributed by atoms with Gasteiger partial charge in [-0.2, -0.15) is 0 Å². The highest BCUT2D eigenvalue weighted by Gasteiger charge is 2.21. The smallest absolute Gasteiger partial charge is 0.246 e. The van der Waals surface area contributed by atoms with Crippen molar-refractivity contribution in [1.82, 2.24) is 5.32 Å². The molecule has 1 saturated heterocycles. The zero-order valence-corrected chi connectivity index (χ0v) is 24.6. The molecule has 0 spiro atoms. The summed E-state index contributed by atoms with van der Waals surface area (Å²) in [6, 6.07) is 21.4. The van der Waals surface area contributed by atoms with Crippen LogP contribution >= 0.6 is 46.4 Å². The van der Waals surface area contributed by atoms with Crippen LogP contribution in [-0.4, -0.2) is 54.2 Å². The molecule has 0 radical (unpaired) electrons. The molecule has 0 saturated carbocycles. The number of amides is 1. The molecule has 40 heavy (non-hydrogen) atoms. The predicted molar refractivity (Wildman–Crippen MR) is 160 cm³/mol. The normalized spacial score (nSPS) is 15.9. The fourth-order valence-corrected chi connectivity index (χ4v) is 4.70. The molecule has 0 unspecified atom stereocenters. The van der Waals surface area contributed by atoms with Crippen LogP contribution in [0.15, 0.2) is 72.8 Å². The quantitative estimate of drug-likeness (QED) is 0.245. The van der Waals surface area contributed by atoms with Gasteiger partial charge in [0.15, 0.2) is 0 Å². The van der Waals surface area contributed by atoms with Gasteiger partial charge in [-0.3, -0.25) is 9.59 Å². The zero-order chi connectivity index (χ0) is 29.5. The van der Waals surface area contributed by atoms with Crippen molar-refractivity contribution in [2.24, 2.45) is 5.73 Å². The Kier molecular flexibility index (Phi) is 15.5. The van der Waals surface area contributed by atoms with Gasteiger partial charge in [0.1, 0.15) is 12.4 Å². The number of carbonyl (C=O) groups is 2. The molecule has 1 amide bonds. The highest BCUT2D eigenvalue weighted by Crippen LogP contribution is 2.27. The molecule has 5 N–H and O–H groups in total. The van der Waals surface area contributed by atoms with Crippen LogP contribution in [0, 0.1) is 0 Å². The second-order valence-electron chi connectivity index (χ2n) is 8.74. The van der Waals surface area contributed by atoms with E-state index in [1.807, 2.05) is 54.6 Å². The van der Waals surface area contributed by atoms with Gasteiger partial charge >= 0.3 is 0 Å². The van der Waals surface area contributed by atoms with Crippen LogP contribution in [0.4, 0.5) is 0 Å². The summed E-state index contributed by atoms with van der Waals surface area (Å²) in [6.45, 7) is 0.437. The lowest BCUT2D eigenvalue weighted by Gasteiger charge is -2.24. The molecule has 4 rings (SSSR count). The Morgan fingerprint density at radius 2 is 1.45 bits per heavy atom. The Morgan fingerprint density at radius 1 is 0.900 bits per heavy atom. The van der Waals surface area contributed by atoms with E-state index in [0.29, 0.717) is 21.7 Å². The topological polar surface area (TPSA) is 122 Å². The van der Waals surface area contributed by atoms with E-state index in [0.717, 1.165) is 16.7 Å². The lowest BCUT2D eigenvalue weighted by molar-refractivity contribution is -0.131. The summed E-state index contributed by atoms with van der Waals surface area (Å²) < 4.78 is 5.13. The van der Waals surface area contributed by atoms with Gasteiger partial charge in [-0.05, 0) is 34.9 Å². The number of morpholine rings is 1. The molecule has 11 heteroatoms. The number of Topliss-reactive ketones (excluding diaryl/α,β-unsaturated/α-hetero) is 1. The number of hydrogen-bond donors (Lipinski definition) is 4. The molecule has 3 aromatic rings. The lowest BCUT2D eigenvalue weighted by Crippen LogP contribution is -2.39. The minimum Gasteiger partial charge on any atom is -0.396 e. The van der Waals surface area contributed by atoms with Gasteiger partial charge in [0, 0.05) is 27.4 Å². The second kappa shape index (κ2) is 18.3. The Hall–Kier alpha value is -2.20. The molecule has 1 heterocycles. The van der Waals surface area contributed by atoms with E-state index in [9.17, 15) is 14.7 Å². The van der Waals surface area contributed by atoms with E-state index >= 15 is 0 Å². The molecule has 0 aromatic heterocycles. The van der Waals surface area contributed by atoms with Gasteiger partial charge < -0.3 is 26.0 Å². The second-order valence-corrected chi connectivity index (χ2v) is 10.2. The molecule has 3 aromatic carbocycles. The Balaban J connectivity index is 0.000000213. The summed E-state index contributed by atoms with van der Waals surface area (Å²) in [4.78, 5) is 22.3. The summed E-state index contributed by atoms with van der Waals surface area (Å²) in [6.07, 6.45) is 0.226. The molecule has 0 bridgehead atoms. The Labute approximate surface area is 254 Å². The third kappa shape index (κ3) is 11.0. The molecule has 7 nitrogen and oxygen atoms in total. The summed E-state index contributed by atoms with van der Waals surface area (Å²) in [7, 11) is 0. The monoisotopic (exact) mass is 628 g/mol. The van der Waals surface area contributed by atoms with E-state index in [1.54, 1.807) is 18.2 Å². The van der Waals surface area contributed by atoms with Crippen LogP contribution in [-0.2, 0) is 14.3 Å². The first kappa shape index (κ1) is 34.0. The molecule has 1 fully saturated rings. The number of aliphatic hydroxyl groups is 2. The van der Waals surface area contributed by atoms with Crippen molar-refractivity contribution in [1.29, 1.82) is 0 Å². The van der Waals surface area contributed by atoms with Crippen molar-refractivity contribution < 1.29 is 24.5 Å². The SMILES string of the molecule is N[C@H](CO)c1ccccc1Cl.O=C(CCl)C[C@H](CO)c1ccccc1Cl.O=C1COC[C@H](c2ccccc2Cl)N1. The van der Waals surface area contributed by atoms with Gasteiger partial charge in [-0.25, -0.2) is 0 Å². The maximum atomic E-state index is 11.2. The van der Waals surface area contributed by atoms with E-state index in [1.165, 1.54) is 0 Å². The highest BCUT2D eigenvalue weighted by molar-refractivity contribution is 6.32. The first-order chi connectivity index (χ1) is 19.2. The zero-order valence-electron chi connectivity index (χ0n) is 21.6. The first-order valence-corrected chi connectivity index (χ1v) is 14.0. The van der Waals surface area contributed by atoms with Crippen molar-refractivity contribution in [3.63, 3.8) is 0 Å². The molecule has 0 aliphatic carbocycles. The van der Waals surface area contributed by atoms with E-state index in [4.69, 9.17) is 62.0 Å². The number of nitrogens with one attached hydrogen (secondary N) is 1. The van der Waals surface area contributed by atoms with Gasteiger partial charge in [-0.15, -0.1) is 11.6 Å². The molecule has 3 atom stereocenters.